The van der Waals surface area contributed by atoms with Gasteiger partial charge in [-0.1, -0.05) is 12.1 Å². The van der Waals surface area contributed by atoms with E-state index in [1.165, 1.54) is 6.20 Å². The minimum absolute atomic E-state index is 0.148. The van der Waals surface area contributed by atoms with Crippen LogP contribution < -0.4 is 21.7 Å². The van der Waals surface area contributed by atoms with Gasteiger partial charge in [-0.05, 0) is 24.3 Å². The molecule has 2 amide bonds. The van der Waals surface area contributed by atoms with E-state index < -0.39 is 11.8 Å². The van der Waals surface area contributed by atoms with E-state index in [2.05, 4.69) is 4.98 Å². The van der Waals surface area contributed by atoms with Crippen molar-refractivity contribution in [3.63, 3.8) is 0 Å². The third kappa shape index (κ3) is 3.54. The number of rotatable bonds is 5. The fourth-order valence-corrected chi connectivity index (χ4v) is 1.68. The lowest BCUT2D eigenvalue weighted by Crippen LogP contribution is -2.30. The first-order valence-corrected chi connectivity index (χ1v) is 6.09. The number of ether oxygens (including phenoxy) is 1. The molecule has 1 aromatic carbocycles. The fraction of sp³-hybridized carbons (Fsp3) is 0.0714. The highest BCUT2D eigenvalue weighted by Crippen LogP contribution is 2.18. The lowest BCUT2D eigenvalue weighted by atomic mass is 10.2. The van der Waals surface area contributed by atoms with Gasteiger partial charge in [0.15, 0.2) is 0 Å². The molecule has 5 N–H and O–H groups in total. The molecule has 0 saturated carbocycles. The predicted molar refractivity (Wildman–Crippen MR) is 75.2 cm³/mol. The maximum Gasteiger partial charge on any atom is 0.266 e. The minimum atomic E-state index is -0.562. The van der Waals surface area contributed by atoms with Gasteiger partial charge in [0.1, 0.15) is 12.4 Å². The first-order valence-electron chi connectivity index (χ1n) is 6.09. The van der Waals surface area contributed by atoms with E-state index >= 15 is 0 Å². The molecule has 0 radical (unpaired) electrons. The van der Waals surface area contributed by atoms with Crippen LogP contribution in [0.2, 0.25) is 0 Å². The molecule has 21 heavy (non-hydrogen) atoms. The number of nitrogen functional groups attached to an aromatic ring is 1. The van der Waals surface area contributed by atoms with E-state index in [-0.39, 0.29) is 6.61 Å². The summed E-state index contributed by atoms with van der Waals surface area (Å²) in [5, 5.41) is 0. The SMILES string of the molecule is NNC(=O)c1ccc(COc2ccccc2C(N)=O)nc1. The van der Waals surface area contributed by atoms with E-state index in [1.54, 1.807) is 36.4 Å². The summed E-state index contributed by atoms with van der Waals surface area (Å²) in [6.07, 6.45) is 1.39. The van der Waals surface area contributed by atoms with E-state index in [9.17, 15) is 9.59 Å². The highest BCUT2D eigenvalue weighted by atomic mass is 16.5. The number of pyridine rings is 1. The van der Waals surface area contributed by atoms with E-state index in [0.717, 1.165) is 0 Å². The van der Waals surface area contributed by atoms with Gasteiger partial charge in [0.05, 0.1) is 16.8 Å². The van der Waals surface area contributed by atoms with Crippen LogP contribution in [-0.4, -0.2) is 16.8 Å². The van der Waals surface area contributed by atoms with Gasteiger partial charge < -0.3 is 10.5 Å². The Morgan fingerprint density at radius 2 is 1.95 bits per heavy atom. The zero-order chi connectivity index (χ0) is 15.2. The molecule has 1 heterocycles. The van der Waals surface area contributed by atoms with Crippen LogP contribution in [-0.2, 0) is 6.61 Å². The molecule has 2 aromatic rings. The second-order valence-corrected chi connectivity index (χ2v) is 4.16. The average Bonchev–Trinajstić information content (AvgIpc) is 2.52. The Morgan fingerprint density at radius 1 is 1.19 bits per heavy atom. The van der Waals surface area contributed by atoms with Crippen molar-refractivity contribution in [1.82, 2.24) is 10.4 Å². The number of nitrogens with zero attached hydrogens (tertiary/aromatic N) is 1. The number of amides is 2. The number of primary amides is 1. The second kappa shape index (κ2) is 6.49. The lowest BCUT2D eigenvalue weighted by molar-refractivity contribution is 0.0951. The Labute approximate surface area is 120 Å². The Kier molecular flexibility index (Phi) is 4.47. The van der Waals surface area contributed by atoms with Crippen LogP contribution in [0, 0.1) is 0 Å². The van der Waals surface area contributed by atoms with E-state index in [4.69, 9.17) is 16.3 Å². The number of nitrogens with two attached hydrogens (primary N) is 2. The molecule has 0 fully saturated rings. The highest BCUT2D eigenvalue weighted by Gasteiger charge is 2.09. The van der Waals surface area contributed by atoms with Gasteiger partial charge in [-0.3, -0.25) is 20.0 Å². The molecule has 0 unspecified atom stereocenters. The van der Waals surface area contributed by atoms with Gasteiger partial charge in [-0.15, -0.1) is 0 Å². The fourth-order valence-electron chi connectivity index (χ4n) is 1.68. The Balaban J connectivity index is 2.07. The van der Waals surface area contributed by atoms with E-state index in [0.29, 0.717) is 22.6 Å². The molecule has 0 aliphatic carbocycles. The van der Waals surface area contributed by atoms with Crippen LogP contribution in [0.5, 0.6) is 5.75 Å². The van der Waals surface area contributed by atoms with Crippen molar-refractivity contribution in [3.8, 4) is 5.75 Å². The van der Waals surface area contributed by atoms with Gasteiger partial charge in [-0.2, -0.15) is 0 Å². The molecule has 0 bridgehead atoms. The smallest absolute Gasteiger partial charge is 0.266 e. The summed E-state index contributed by atoms with van der Waals surface area (Å²) in [5.74, 6) is 4.43. The van der Waals surface area contributed by atoms with E-state index in [1.807, 2.05) is 5.43 Å². The van der Waals surface area contributed by atoms with Crippen LogP contribution in [0.4, 0.5) is 0 Å². The number of hydrogen-bond acceptors (Lipinski definition) is 5. The molecule has 7 nitrogen and oxygen atoms in total. The molecule has 7 heteroatoms. The number of nitrogens with one attached hydrogen (secondary N) is 1. The molecule has 108 valence electrons. The first kappa shape index (κ1) is 14.5. The monoisotopic (exact) mass is 286 g/mol. The summed E-state index contributed by atoms with van der Waals surface area (Å²) in [6, 6.07) is 9.89. The normalized spacial score (nSPS) is 9.95. The molecule has 0 aliphatic rings. The lowest BCUT2D eigenvalue weighted by Gasteiger charge is -2.09. The molecule has 0 spiro atoms. The molecule has 0 atom stereocenters. The van der Waals surface area contributed by atoms with Gasteiger partial charge in [0.25, 0.3) is 11.8 Å². The van der Waals surface area contributed by atoms with Crippen molar-refractivity contribution in [1.29, 1.82) is 0 Å². The second-order valence-electron chi connectivity index (χ2n) is 4.16. The topological polar surface area (TPSA) is 120 Å². The van der Waals surface area contributed by atoms with Gasteiger partial charge in [0, 0.05) is 6.20 Å². The Bertz CT molecular complexity index is 656. The summed E-state index contributed by atoms with van der Waals surface area (Å²) in [5.41, 5.74) is 8.53. The van der Waals surface area contributed by atoms with Gasteiger partial charge >= 0.3 is 0 Å². The maximum atomic E-state index is 11.3. The number of carbonyl (C=O) groups is 2. The Hall–Kier alpha value is -2.93. The van der Waals surface area contributed by atoms with Crippen LogP contribution in [0.3, 0.4) is 0 Å². The zero-order valence-electron chi connectivity index (χ0n) is 11.1. The van der Waals surface area contributed by atoms with Crippen molar-refractivity contribution in [2.24, 2.45) is 11.6 Å². The molecule has 2 rings (SSSR count). The van der Waals surface area contributed by atoms with Crippen LogP contribution in [0.15, 0.2) is 42.6 Å². The summed E-state index contributed by atoms with van der Waals surface area (Å²) >= 11 is 0. The number of hydrazine groups is 1. The number of benzene rings is 1. The summed E-state index contributed by atoms with van der Waals surface area (Å²) in [7, 11) is 0. The predicted octanol–water partition coefficient (Wildman–Crippen LogP) is 0.363. The molecular weight excluding hydrogens is 272 g/mol. The van der Waals surface area contributed by atoms with Crippen molar-refractivity contribution in [2.45, 2.75) is 6.61 Å². The van der Waals surface area contributed by atoms with Gasteiger partial charge in [0.2, 0.25) is 0 Å². The molecule has 1 aromatic heterocycles. The van der Waals surface area contributed by atoms with Crippen LogP contribution >= 0.6 is 0 Å². The van der Waals surface area contributed by atoms with Crippen molar-refractivity contribution >= 4 is 11.8 Å². The zero-order valence-corrected chi connectivity index (χ0v) is 11.1. The summed E-state index contributed by atoms with van der Waals surface area (Å²) in [4.78, 5) is 26.6. The minimum Gasteiger partial charge on any atom is -0.486 e. The quantitative estimate of drug-likeness (QED) is 0.416. The summed E-state index contributed by atoms with van der Waals surface area (Å²) in [6.45, 7) is 0.148. The first-order chi connectivity index (χ1) is 10.1. The Morgan fingerprint density at radius 3 is 2.57 bits per heavy atom. The molecule has 0 saturated heterocycles. The largest absolute Gasteiger partial charge is 0.486 e. The van der Waals surface area contributed by atoms with Crippen LogP contribution in [0.25, 0.3) is 0 Å². The standard InChI is InChI=1S/C14H14N4O3/c15-13(19)11-3-1-2-4-12(11)21-8-10-6-5-9(7-17-10)14(20)18-16/h1-7H,8,16H2,(H2,15,19)(H,18,20). The number of aromatic nitrogens is 1. The molecule has 0 aliphatic heterocycles. The summed E-state index contributed by atoms with van der Waals surface area (Å²) < 4.78 is 5.52. The van der Waals surface area contributed by atoms with Crippen LogP contribution in [0.1, 0.15) is 26.4 Å². The number of para-hydroxylation sites is 1. The van der Waals surface area contributed by atoms with Gasteiger partial charge in [-0.25, -0.2) is 5.84 Å². The average molecular weight is 286 g/mol. The third-order valence-corrected chi connectivity index (χ3v) is 2.75. The van der Waals surface area contributed by atoms with Crippen molar-refractivity contribution in [2.75, 3.05) is 0 Å². The number of carbonyl (C=O) groups excluding carboxylic acids is 2. The van der Waals surface area contributed by atoms with Crippen molar-refractivity contribution < 1.29 is 14.3 Å². The third-order valence-electron chi connectivity index (χ3n) is 2.75. The molecular formula is C14H14N4O3. The highest BCUT2D eigenvalue weighted by molar-refractivity contribution is 5.95. The van der Waals surface area contributed by atoms with Crippen molar-refractivity contribution in [3.05, 3.63) is 59.4 Å². The number of hydrogen-bond donors (Lipinski definition) is 3. The maximum absolute atomic E-state index is 11.3.